The van der Waals surface area contributed by atoms with E-state index in [1.807, 2.05) is 18.2 Å². The monoisotopic (exact) mass is 292 g/mol. The number of anilines is 1. The molecule has 1 saturated heterocycles. The number of hydrogen-bond acceptors (Lipinski definition) is 2. The summed E-state index contributed by atoms with van der Waals surface area (Å²) in [5.41, 5.74) is 5.17. The van der Waals surface area contributed by atoms with Gasteiger partial charge in [-0.25, -0.2) is 0 Å². The molecule has 1 unspecified atom stereocenters. The number of carbonyl (C=O) groups excluding carboxylic acids is 1. The molecule has 0 aromatic heterocycles. The third-order valence-corrected chi connectivity index (χ3v) is 4.97. The van der Waals surface area contributed by atoms with Gasteiger partial charge >= 0.3 is 0 Å². The number of rotatable bonds is 1. The molecule has 4 rings (SSSR count). The van der Waals surface area contributed by atoms with Gasteiger partial charge in [0.2, 0.25) is 0 Å². The van der Waals surface area contributed by atoms with Crippen LogP contribution in [0.15, 0.2) is 42.5 Å². The van der Waals surface area contributed by atoms with E-state index in [0.29, 0.717) is 0 Å². The van der Waals surface area contributed by atoms with E-state index in [0.717, 1.165) is 30.6 Å². The van der Waals surface area contributed by atoms with Crippen LogP contribution >= 0.6 is 0 Å². The lowest BCUT2D eigenvalue weighted by Gasteiger charge is -2.45. The molecule has 2 aliphatic rings. The van der Waals surface area contributed by atoms with Crippen molar-refractivity contribution in [2.24, 2.45) is 0 Å². The average molecular weight is 292 g/mol. The van der Waals surface area contributed by atoms with E-state index in [1.54, 1.807) is 0 Å². The lowest BCUT2D eigenvalue weighted by Crippen LogP contribution is -2.58. The zero-order chi connectivity index (χ0) is 15.3. The Bertz CT molecular complexity index is 768. The Morgan fingerprint density at radius 2 is 1.95 bits per heavy atom. The number of para-hydroxylation sites is 1. The maximum atomic E-state index is 12.6. The smallest absolute Gasteiger partial charge is 0.255 e. The molecule has 3 heteroatoms. The molecule has 2 aromatic carbocycles. The van der Waals surface area contributed by atoms with Gasteiger partial charge in [0, 0.05) is 12.1 Å². The molecule has 0 saturated carbocycles. The second-order valence-electron chi connectivity index (χ2n) is 6.41. The fraction of sp³-hybridized carbons (Fsp3) is 0.316. The molecule has 0 radical (unpaired) electrons. The van der Waals surface area contributed by atoms with E-state index >= 15 is 0 Å². The predicted octanol–water partition coefficient (Wildman–Crippen LogP) is 3.50. The van der Waals surface area contributed by atoms with Crippen LogP contribution in [-0.2, 0) is 5.66 Å². The Kier molecular flexibility index (Phi) is 2.80. The quantitative estimate of drug-likeness (QED) is 0.872. The highest BCUT2D eigenvalue weighted by Crippen LogP contribution is 2.45. The first-order chi connectivity index (χ1) is 10.6. The van der Waals surface area contributed by atoms with Crippen LogP contribution in [0, 0.1) is 13.8 Å². The van der Waals surface area contributed by atoms with Crippen LogP contribution in [0.2, 0.25) is 0 Å². The SMILES string of the molecule is Cc1ccc(C23CCCN2c2ccccc2C(=O)N3)c(C)c1. The number of carbonyl (C=O) groups is 1. The van der Waals surface area contributed by atoms with Crippen LogP contribution in [0.3, 0.4) is 0 Å². The number of aryl methyl sites for hydroxylation is 2. The van der Waals surface area contributed by atoms with Gasteiger partial charge in [0.25, 0.3) is 5.91 Å². The fourth-order valence-electron chi connectivity index (χ4n) is 4.06. The van der Waals surface area contributed by atoms with Gasteiger partial charge < -0.3 is 10.2 Å². The second kappa shape index (κ2) is 4.60. The molecule has 2 aromatic rings. The molecule has 112 valence electrons. The van der Waals surface area contributed by atoms with Crippen molar-refractivity contribution in [1.82, 2.24) is 5.32 Å². The van der Waals surface area contributed by atoms with Crippen molar-refractivity contribution in [3.8, 4) is 0 Å². The van der Waals surface area contributed by atoms with Gasteiger partial charge in [0.05, 0.1) is 11.3 Å². The lowest BCUT2D eigenvalue weighted by atomic mass is 9.88. The summed E-state index contributed by atoms with van der Waals surface area (Å²) in [5, 5.41) is 3.31. The van der Waals surface area contributed by atoms with Crippen molar-refractivity contribution in [2.45, 2.75) is 32.4 Å². The summed E-state index contributed by atoms with van der Waals surface area (Å²) in [6.45, 7) is 5.22. The second-order valence-corrected chi connectivity index (χ2v) is 6.41. The van der Waals surface area contributed by atoms with Gasteiger partial charge in [-0.05, 0) is 44.4 Å². The number of nitrogens with zero attached hydrogens (tertiary/aromatic N) is 1. The Balaban J connectivity index is 1.93. The highest BCUT2D eigenvalue weighted by molar-refractivity contribution is 6.02. The molecule has 22 heavy (non-hydrogen) atoms. The lowest BCUT2D eigenvalue weighted by molar-refractivity contribution is 0.0886. The Morgan fingerprint density at radius 3 is 2.77 bits per heavy atom. The third kappa shape index (κ3) is 1.71. The van der Waals surface area contributed by atoms with E-state index in [4.69, 9.17) is 0 Å². The van der Waals surface area contributed by atoms with Crippen LogP contribution in [0.4, 0.5) is 5.69 Å². The molecule has 1 amide bonds. The molecular formula is C19H20N2O. The highest BCUT2D eigenvalue weighted by Gasteiger charge is 2.48. The zero-order valence-electron chi connectivity index (χ0n) is 13.0. The van der Waals surface area contributed by atoms with Crippen molar-refractivity contribution in [2.75, 3.05) is 11.4 Å². The molecule has 1 N–H and O–H groups in total. The number of nitrogens with one attached hydrogen (secondary N) is 1. The molecular weight excluding hydrogens is 272 g/mol. The van der Waals surface area contributed by atoms with Gasteiger partial charge in [-0.15, -0.1) is 0 Å². The highest BCUT2D eigenvalue weighted by atomic mass is 16.2. The fourth-order valence-corrected chi connectivity index (χ4v) is 4.06. The van der Waals surface area contributed by atoms with Gasteiger partial charge in [-0.3, -0.25) is 4.79 Å². The molecule has 2 heterocycles. The van der Waals surface area contributed by atoms with E-state index < -0.39 is 0 Å². The summed E-state index contributed by atoms with van der Waals surface area (Å²) in [4.78, 5) is 15.0. The summed E-state index contributed by atoms with van der Waals surface area (Å²) < 4.78 is 0. The van der Waals surface area contributed by atoms with Crippen molar-refractivity contribution < 1.29 is 4.79 Å². The van der Waals surface area contributed by atoms with Gasteiger partial charge in [-0.1, -0.05) is 35.9 Å². The minimum absolute atomic E-state index is 0.0359. The summed E-state index contributed by atoms with van der Waals surface area (Å²) >= 11 is 0. The standard InChI is InChI=1S/C19H20N2O/c1-13-8-9-16(14(2)12-13)19-10-5-11-21(19)17-7-4-3-6-15(17)18(22)20-19/h3-4,6-9,12H,5,10-11H2,1-2H3,(H,20,22). The maximum absolute atomic E-state index is 12.6. The molecule has 0 spiro atoms. The van der Waals surface area contributed by atoms with E-state index in [-0.39, 0.29) is 11.6 Å². The van der Waals surface area contributed by atoms with Crippen molar-refractivity contribution in [1.29, 1.82) is 0 Å². The van der Waals surface area contributed by atoms with Gasteiger partial charge in [0.15, 0.2) is 0 Å². The summed E-state index contributed by atoms with van der Waals surface area (Å²) in [6, 6.07) is 14.4. The zero-order valence-corrected chi connectivity index (χ0v) is 13.0. The predicted molar refractivity (Wildman–Crippen MR) is 88.1 cm³/mol. The van der Waals surface area contributed by atoms with E-state index in [1.165, 1.54) is 16.7 Å². The maximum Gasteiger partial charge on any atom is 0.255 e. The first-order valence-electron chi connectivity index (χ1n) is 7.89. The Hall–Kier alpha value is -2.29. The average Bonchev–Trinajstić information content (AvgIpc) is 2.92. The number of benzene rings is 2. The molecule has 0 aliphatic carbocycles. The Labute approximate surface area is 131 Å². The normalized spacial score (nSPS) is 23.0. The first kappa shape index (κ1) is 13.4. The molecule has 0 bridgehead atoms. The minimum Gasteiger partial charge on any atom is -0.344 e. The topological polar surface area (TPSA) is 32.3 Å². The number of fused-ring (bicyclic) bond motifs is 3. The third-order valence-electron chi connectivity index (χ3n) is 4.97. The molecule has 2 aliphatic heterocycles. The van der Waals surface area contributed by atoms with Crippen LogP contribution in [-0.4, -0.2) is 12.5 Å². The van der Waals surface area contributed by atoms with Crippen molar-refractivity contribution in [3.05, 3.63) is 64.7 Å². The molecule has 1 fully saturated rings. The van der Waals surface area contributed by atoms with Crippen LogP contribution in [0.1, 0.15) is 39.9 Å². The first-order valence-corrected chi connectivity index (χ1v) is 7.89. The Morgan fingerprint density at radius 1 is 1.14 bits per heavy atom. The largest absolute Gasteiger partial charge is 0.344 e. The molecule has 3 nitrogen and oxygen atoms in total. The summed E-state index contributed by atoms with van der Waals surface area (Å²) in [5.74, 6) is 0.0359. The van der Waals surface area contributed by atoms with Crippen LogP contribution < -0.4 is 10.2 Å². The molecule has 1 atom stereocenters. The number of hydrogen-bond donors (Lipinski definition) is 1. The van der Waals surface area contributed by atoms with Gasteiger partial charge in [-0.2, -0.15) is 0 Å². The number of amides is 1. The van der Waals surface area contributed by atoms with E-state index in [9.17, 15) is 4.79 Å². The van der Waals surface area contributed by atoms with Crippen molar-refractivity contribution >= 4 is 11.6 Å². The van der Waals surface area contributed by atoms with E-state index in [2.05, 4.69) is 48.3 Å². The van der Waals surface area contributed by atoms with Crippen molar-refractivity contribution in [3.63, 3.8) is 0 Å². The minimum atomic E-state index is -0.386. The van der Waals surface area contributed by atoms with Gasteiger partial charge in [0.1, 0.15) is 5.66 Å². The van der Waals surface area contributed by atoms with Crippen LogP contribution in [0.25, 0.3) is 0 Å². The summed E-state index contributed by atoms with van der Waals surface area (Å²) in [7, 11) is 0. The summed E-state index contributed by atoms with van der Waals surface area (Å²) in [6.07, 6.45) is 2.04. The van der Waals surface area contributed by atoms with Crippen LogP contribution in [0.5, 0.6) is 0 Å².